The van der Waals surface area contributed by atoms with Crippen molar-refractivity contribution >= 4 is 23.1 Å². The number of ether oxygens (including phenoxy) is 1. The Morgan fingerprint density at radius 2 is 1.89 bits per heavy atom. The van der Waals surface area contributed by atoms with E-state index in [1.165, 1.54) is 0 Å². The van der Waals surface area contributed by atoms with Crippen LogP contribution in [-0.4, -0.2) is 29.6 Å². The predicted molar refractivity (Wildman–Crippen MR) is 106 cm³/mol. The van der Waals surface area contributed by atoms with Crippen molar-refractivity contribution in [3.8, 4) is 22.6 Å². The number of aromatic nitrogens is 1. The lowest BCUT2D eigenvalue weighted by molar-refractivity contribution is 0.1000. The molecule has 2 N–H and O–H groups in total. The van der Waals surface area contributed by atoms with Gasteiger partial charge in [0.1, 0.15) is 18.0 Å². The Kier molecular flexibility index (Phi) is 4.71. The standard InChI is InChI=1S/C21H16ClN3O2/c22-15-2-1-3-16(8-15)27-17-6-14(10-24-11-17)13-4-5-18-19(7-13)20(9-23)25-12-21(18)26/h1-8,10-11H,9,12,23H2. The van der Waals surface area contributed by atoms with Crippen LogP contribution in [0.2, 0.25) is 5.02 Å². The molecule has 0 saturated carbocycles. The summed E-state index contributed by atoms with van der Waals surface area (Å²) in [5.41, 5.74) is 9.75. The molecule has 0 spiro atoms. The SMILES string of the molecule is NCC1=NCC(=O)c2ccc(-c3cncc(Oc4cccc(Cl)c4)c3)cc21. The van der Waals surface area contributed by atoms with Gasteiger partial charge in [-0.05, 0) is 35.9 Å². The van der Waals surface area contributed by atoms with Crippen LogP contribution in [0.3, 0.4) is 0 Å². The summed E-state index contributed by atoms with van der Waals surface area (Å²) >= 11 is 6.00. The van der Waals surface area contributed by atoms with Crippen LogP contribution >= 0.6 is 11.6 Å². The Balaban J connectivity index is 1.69. The van der Waals surface area contributed by atoms with Gasteiger partial charge in [0, 0.05) is 34.5 Å². The highest BCUT2D eigenvalue weighted by Crippen LogP contribution is 2.29. The van der Waals surface area contributed by atoms with E-state index in [1.807, 2.05) is 36.4 Å². The molecule has 2 heterocycles. The second kappa shape index (κ2) is 7.31. The number of carbonyl (C=O) groups excluding carboxylic acids is 1. The van der Waals surface area contributed by atoms with Crippen LogP contribution in [0.15, 0.2) is 65.9 Å². The fourth-order valence-corrected chi connectivity index (χ4v) is 3.20. The van der Waals surface area contributed by atoms with E-state index in [9.17, 15) is 4.79 Å². The molecule has 0 radical (unpaired) electrons. The maximum atomic E-state index is 12.1. The van der Waals surface area contributed by atoms with E-state index >= 15 is 0 Å². The monoisotopic (exact) mass is 377 g/mol. The maximum absolute atomic E-state index is 12.1. The Labute approximate surface area is 161 Å². The van der Waals surface area contributed by atoms with E-state index in [2.05, 4.69) is 9.98 Å². The average Bonchev–Trinajstić information content (AvgIpc) is 2.68. The van der Waals surface area contributed by atoms with E-state index in [0.717, 1.165) is 22.4 Å². The zero-order valence-electron chi connectivity index (χ0n) is 14.4. The number of hydrogen-bond acceptors (Lipinski definition) is 5. The van der Waals surface area contributed by atoms with Gasteiger partial charge in [-0.2, -0.15) is 0 Å². The Morgan fingerprint density at radius 3 is 2.70 bits per heavy atom. The molecule has 0 unspecified atom stereocenters. The van der Waals surface area contributed by atoms with Crippen molar-refractivity contribution in [2.45, 2.75) is 0 Å². The third kappa shape index (κ3) is 3.60. The summed E-state index contributed by atoms with van der Waals surface area (Å²) in [6, 6.07) is 14.7. The van der Waals surface area contributed by atoms with Crippen LogP contribution in [0.1, 0.15) is 15.9 Å². The zero-order valence-corrected chi connectivity index (χ0v) is 15.1. The molecule has 0 amide bonds. The maximum Gasteiger partial charge on any atom is 0.184 e. The Bertz CT molecular complexity index is 1060. The second-order valence-corrected chi connectivity index (χ2v) is 6.56. The van der Waals surface area contributed by atoms with Crippen molar-refractivity contribution in [3.63, 3.8) is 0 Å². The van der Waals surface area contributed by atoms with Gasteiger partial charge in [0.25, 0.3) is 0 Å². The number of pyridine rings is 1. The van der Waals surface area contributed by atoms with E-state index in [1.54, 1.807) is 24.5 Å². The molecular weight excluding hydrogens is 362 g/mol. The molecule has 0 aliphatic carbocycles. The molecule has 2 aromatic carbocycles. The molecule has 1 aromatic heterocycles. The van der Waals surface area contributed by atoms with E-state index in [-0.39, 0.29) is 12.3 Å². The lowest BCUT2D eigenvalue weighted by Gasteiger charge is -2.16. The zero-order chi connectivity index (χ0) is 18.8. The van der Waals surface area contributed by atoms with E-state index < -0.39 is 0 Å². The van der Waals surface area contributed by atoms with Gasteiger partial charge in [0.05, 0.1) is 11.9 Å². The third-order valence-electron chi connectivity index (χ3n) is 4.32. The first-order chi connectivity index (χ1) is 13.1. The summed E-state index contributed by atoms with van der Waals surface area (Å²) in [6.45, 7) is 0.448. The minimum Gasteiger partial charge on any atom is -0.456 e. The number of rotatable bonds is 4. The van der Waals surface area contributed by atoms with Crippen LogP contribution in [-0.2, 0) is 0 Å². The summed E-state index contributed by atoms with van der Waals surface area (Å²) in [4.78, 5) is 20.6. The number of Topliss-reactive ketones (excluding diaryl/α,β-unsaturated/α-hetero) is 1. The summed E-state index contributed by atoms with van der Waals surface area (Å²) in [7, 11) is 0. The normalized spacial score (nSPS) is 13.1. The number of ketones is 1. The van der Waals surface area contributed by atoms with Gasteiger partial charge in [-0.15, -0.1) is 0 Å². The molecule has 0 bridgehead atoms. The predicted octanol–water partition coefficient (Wildman–Crippen LogP) is 4.14. The van der Waals surface area contributed by atoms with Crippen molar-refractivity contribution in [2.75, 3.05) is 13.1 Å². The quantitative estimate of drug-likeness (QED) is 0.741. The number of nitrogens with two attached hydrogens (primary N) is 1. The Hall–Kier alpha value is -3.02. The van der Waals surface area contributed by atoms with Crippen molar-refractivity contribution in [2.24, 2.45) is 10.7 Å². The fraction of sp³-hybridized carbons (Fsp3) is 0.0952. The molecule has 1 aliphatic heterocycles. The first kappa shape index (κ1) is 17.4. The van der Waals surface area contributed by atoms with Gasteiger partial charge in [-0.1, -0.05) is 29.8 Å². The average molecular weight is 378 g/mol. The van der Waals surface area contributed by atoms with E-state index in [4.69, 9.17) is 22.1 Å². The summed E-state index contributed by atoms with van der Waals surface area (Å²) in [5.74, 6) is 1.23. The van der Waals surface area contributed by atoms with Crippen LogP contribution in [0.25, 0.3) is 11.1 Å². The number of nitrogens with zero attached hydrogens (tertiary/aromatic N) is 2. The molecule has 0 saturated heterocycles. The van der Waals surface area contributed by atoms with Crippen molar-refractivity contribution < 1.29 is 9.53 Å². The lowest BCUT2D eigenvalue weighted by Crippen LogP contribution is -2.24. The number of fused-ring (bicyclic) bond motifs is 1. The molecule has 1 aliphatic rings. The molecule has 134 valence electrons. The largest absolute Gasteiger partial charge is 0.456 e. The number of carbonyl (C=O) groups is 1. The minimum absolute atomic E-state index is 0.00455. The van der Waals surface area contributed by atoms with Gasteiger partial charge < -0.3 is 10.5 Å². The van der Waals surface area contributed by atoms with Gasteiger partial charge in [-0.25, -0.2) is 0 Å². The number of benzene rings is 2. The van der Waals surface area contributed by atoms with Gasteiger partial charge in [0.2, 0.25) is 0 Å². The number of hydrogen-bond donors (Lipinski definition) is 1. The van der Waals surface area contributed by atoms with Crippen molar-refractivity contribution in [1.82, 2.24) is 4.98 Å². The highest BCUT2D eigenvalue weighted by Gasteiger charge is 2.20. The molecule has 4 rings (SSSR count). The van der Waals surface area contributed by atoms with Gasteiger partial charge in [0.15, 0.2) is 5.78 Å². The molecular formula is C21H16ClN3O2. The number of aliphatic imine (C=N–C) groups is 1. The molecule has 3 aromatic rings. The first-order valence-electron chi connectivity index (χ1n) is 8.44. The van der Waals surface area contributed by atoms with Crippen molar-refractivity contribution in [1.29, 1.82) is 0 Å². The minimum atomic E-state index is 0.00455. The van der Waals surface area contributed by atoms with Crippen LogP contribution in [0.5, 0.6) is 11.5 Å². The second-order valence-electron chi connectivity index (χ2n) is 6.12. The van der Waals surface area contributed by atoms with Gasteiger partial charge >= 0.3 is 0 Å². The molecule has 6 heteroatoms. The van der Waals surface area contributed by atoms with Crippen LogP contribution < -0.4 is 10.5 Å². The lowest BCUT2D eigenvalue weighted by atomic mass is 9.93. The molecule has 0 fully saturated rings. The fourth-order valence-electron chi connectivity index (χ4n) is 3.02. The highest BCUT2D eigenvalue weighted by atomic mass is 35.5. The third-order valence-corrected chi connectivity index (χ3v) is 4.55. The number of halogens is 1. The van der Waals surface area contributed by atoms with Crippen LogP contribution in [0.4, 0.5) is 0 Å². The van der Waals surface area contributed by atoms with Gasteiger partial charge in [-0.3, -0.25) is 14.8 Å². The van der Waals surface area contributed by atoms with E-state index in [0.29, 0.717) is 28.6 Å². The Morgan fingerprint density at radius 1 is 1.00 bits per heavy atom. The summed E-state index contributed by atoms with van der Waals surface area (Å²) in [5, 5.41) is 0.601. The molecule has 0 atom stereocenters. The molecule has 27 heavy (non-hydrogen) atoms. The summed E-state index contributed by atoms with van der Waals surface area (Å²) in [6.07, 6.45) is 3.38. The summed E-state index contributed by atoms with van der Waals surface area (Å²) < 4.78 is 5.85. The van der Waals surface area contributed by atoms with Crippen LogP contribution in [0, 0.1) is 0 Å². The highest BCUT2D eigenvalue weighted by molar-refractivity contribution is 6.30. The smallest absolute Gasteiger partial charge is 0.184 e. The molecule has 5 nitrogen and oxygen atoms in total. The topological polar surface area (TPSA) is 77.6 Å². The first-order valence-corrected chi connectivity index (χ1v) is 8.82. The van der Waals surface area contributed by atoms with Crippen molar-refractivity contribution in [3.05, 3.63) is 77.1 Å².